The van der Waals surface area contributed by atoms with E-state index in [1.54, 1.807) is 0 Å². The van der Waals surface area contributed by atoms with Gasteiger partial charge in [-0.25, -0.2) is 9.59 Å². The first-order valence-electron chi connectivity index (χ1n) is 16.8. The summed E-state index contributed by atoms with van der Waals surface area (Å²) in [6.07, 6.45) is -0.730. The first kappa shape index (κ1) is 35.4. The van der Waals surface area contributed by atoms with Crippen molar-refractivity contribution >= 4 is 29.8 Å². The van der Waals surface area contributed by atoms with Crippen LogP contribution in [0.4, 0.5) is 4.79 Å². The Labute approximate surface area is 302 Å². The Morgan fingerprint density at radius 1 is 0.608 bits per heavy atom. The Bertz CT molecular complexity index is 1800. The normalized spacial score (nSPS) is 13.3. The van der Waals surface area contributed by atoms with Crippen LogP contribution in [0.5, 0.6) is 0 Å². The highest BCUT2D eigenvalue weighted by molar-refractivity contribution is 7.99. The Hall–Kier alpha value is -5.38. The smallest absolute Gasteiger partial charge is 0.407 e. The summed E-state index contributed by atoms with van der Waals surface area (Å²) in [6, 6.07) is 44.2. The van der Waals surface area contributed by atoms with Gasteiger partial charge in [0.2, 0.25) is 0 Å². The summed E-state index contributed by atoms with van der Waals surface area (Å²) < 4.78 is 16.0. The summed E-state index contributed by atoms with van der Waals surface area (Å²) >= 11 is 1.32. The molecule has 8 nitrogen and oxygen atoms in total. The molecule has 6 rings (SSSR count). The van der Waals surface area contributed by atoms with Crippen LogP contribution in [0.1, 0.15) is 33.7 Å². The van der Waals surface area contributed by atoms with Gasteiger partial charge in [-0.2, -0.15) is 11.8 Å². The first-order valence-corrected chi connectivity index (χ1v) is 17.9. The highest BCUT2D eigenvalue weighted by atomic mass is 32.2. The number of hydrogen-bond donors (Lipinski definition) is 2. The topological polar surface area (TPSA) is 103 Å². The van der Waals surface area contributed by atoms with Crippen LogP contribution in [-0.2, 0) is 29.3 Å². The van der Waals surface area contributed by atoms with Crippen LogP contribution in [0.2, 0.25) is 0 Å². The highest BCUT2D eigenvalue weighted by Gasteiger charge is 2.40. The Balaban J connectivity index is 1.18. The predicted octanol–water partition coefficient (Wildman–Crippen LogP) is 6.92. The number of thioether (sulfide) groups is 1. The molecule has 0 saturated carbocycles. The minimum absolute atomic E-state index is 0.107. The maximum absolute atomic E-state index is 13.4. The number of esters is 2. The fourth-order valence-electron chi connectivity index (χ4n) is 6.78. The number of carbonyl (C=O) groups excluding carboxylic acids is 3. The molecule has 0 radical (unpaired) electrons. The second kappa shape index (κ2) is 16.6. The van der Waals surface area contributed by atoms with Crippen molar-refractivity contribution in [1.82, 2.24) is 10.6 Å². The maximum Gasteiger partial charge on any atom is 0.407 e. The lowest BCUT2D eigenvalue weighted by atomic mass is 9.76. The van der Waals surface area contributed by atoms with Crippen molar-refractivity contribution in [3.05, 3.63) is 167 Å². The number of amides is 1. The molecular formula is C42H40N2O6S. The minimum atomic E-state index is -1.02. The molecule has 0 spiro atoms. The maximum atomic E-state index is 13.4. The fourth-order valence-corrected chi connectivity index (χ4v) is 7.83. The summed E-state index contributed by atoms with van der Waals surface area (Å²) in [4.78, 5) is 39.4. The van der Waals surface area contributed by atoms with Gasteiger partial charge in [-0.05, 0) is 38.9 Å². The molecule has 5 aromatic rings. The van der Waals surface area contributed by atoms with Crippen LogP contribution in [0, 0.1) is 0 Å². The van der Waals surface area contributed by atoms with E-state index >= 15 is 0 Å². The van der Waals surface area contributed by atoms with E-state index in [9.17, 15) is 14.4 Å². The lowest BCUT2D eigenvalue weighted by Crippen LogP contribution is -2.54. The van der Waals surface area contributed by atoms with Gasteiger partial charge in [-0.15, -0.1) is 0 Å². The molecule has 1 aliphatic carbocycles. The van der Waals surface area contributed by atoms with Crippen LogP contribution in [-0.4, -0.2) is 62.4 Å². The monoisotopic (exact) mass is 700 g/mol. The molecule has 51 heavy (non-hydrogen) atoms. The van der Waals surface area contributed by atoms with E-state index in [1.165, 1.54) is 26.0 Å². The number of carbonyl (C=O) groups is 3. The van der Waals surface area contributed by atoms with E-state index in [1.807, 2.05) is 127 Å². The van der Waals surface area contributed by atoms with E-state index in [2.05, 4.69) is 22.8 Å². The largest absolute Gasteiger partial charge is 0.468 e. The predicted molar refractivity (Wildman–Crippen MR) is 199 cm³/mol. The lowest BCUT2D eigenvalue weighted by molar-refractivity contribution is -0.143. The second-order valence-electron chi connectivity index (χ2n) is 12.2. The Morgan fingerprint density at radius 3 is 1.49 bits per heavy atom. The molecule has 0 heterocycles. The second-order valence-corrected chi connectivity index (χ2v) is 13.2. The molecule has 0 bridgehead atoms. The Kier molecular flexibility index (Phi) is 11.5. The van der Waals surface area contributed by atoms with Gasteiger partial charge in [0.1, 0.15) is 18.7 Å². The molecule has 0 saturated heterocycles. The number of ether oxygens (including phenoxy) is 3. The van der Waals surface area contributed by atoms with E-state index in [4.69, 9.17) is 14.2 Å². The number of fused-ring (bicyclic) bond motifs is 3. The van der Waals surface area contributed by atoms with Gasteiger partial charge < -0.3 is 19.5 Å². The van der Waals surface area contributed by atoms with Gasteiger partial charge in [-0.3, -0.25) is 10.1 Å². The lowest BCUT2D eigenvalue weighted by Gasteiger charge is -2.39. The van der Waals surface area contributed by atoms with Gasteiger partial charge >= 0.3 is 18.0 Å². The molecule has 0 aliphatic heterocycles. The van der Waals surface area contributed by atoms with Crippen molar-refractivity contribution in [1.29, 1.82) is 0 Å². The van der Waals surface area contributed by atoms with E-state index in [-0.39, 0.29) is 24.0 Å². The third kappa shape index (κ3) is 7.70. The highest BCUT2D eigenvalue weighted by Crippen LogP contribution is 2.44. The number of hydrogen-bond acceptors (Lipinski definition) is 8. The van der Waals surface area contributed by atoms with Crippen molar-refractivity contribution < 1.29 is 28.6 Å². The summed E-state index contributed by atoms with van der Waals surface area (Å²) in [5.41, 5.74) is 6.30. The van der Waals surface area contributed by atoms with Gasteiger partial charge in [0.25, 0.3) is 0 Å². The van der Waals surface area contributed by atoms with Gasteiger partial charge in [0, 0.05) is 17.4 Å². The summed E-state index contributed by atoms with van der Waals surface area (Å²) in [5, 5.41) is 6.36. The summed E-state index contributed by atoms with van der Waals surface area (Å²) in [7, 11) is 2.62. The zero-order chi connectivity index (χ0) is 35.6. The minimum Gasteiger partial charge on any atom is -0.468 e. The van der Waals surface area contributed by atoms with E-state index < -0.39 is 35.7 Å². The molecule has 1 aliphatic rings. The average Bonchev–Trinajstić information content (AvgIpc) is 3.51. The summed E-state index contributed by atoms with van der Waals surface area (Å²) in [6.45, 7) is 0.107. The SMILES string of the molecule is COC(=O)[C@H](CSC[C@H](NC(c1ccccc1)(c1ccccc1)c1ccccc1)C(=O)OC)NC(=O)OCC1c2ccccc2-c2ccccc21. The molecule has 2 atom stereocenters. The molecule has 1 amide bonds. The van der Waals surface area contributed by atoms with Crippen molar-refractivity contribution in [2.45, 2.75) is 23.5 Å². The number of rotatable bonds is 14. The third-order valence-electron chi connectivity index (χ3n) is 9.19. The van der Waals surface area contributed by atoms with Crippen molar-refractivity contribution in [2.75, 3.05) is 32.3 Å². The molecule has 2 N–H and O–H groups in total. The van der Waals surface area contributed by atoms with Gasteiger partial charge in [-0.1, -0.05) is 140 Å². The van der Waals surface area contributed by atoms with Gasteiger partial charge in [0.05, 0.1) is 19.8 Å². The number of nitrogens with one attached hydrogen (secondary N) is 2. The molecule has 5 aromatic carbocycles. The number of alkyl carbamates (subject to hydrolysis) is 1. The fraction of sp³-hybridized carbons (Fsp3) is 0.214. The van der Waals surface area contributed by atoms with Crippen molar-refractivity contribution in [2.24, 2.45) is 0 Å². The van der Waals surface area contributed by atoms with Crippen LogP contribution in [0.15, 0.2) is 140 Å². The van der Waals surface area contributed by atoms with E-state index in [0.29, 0.717) is 0 Å². The quantitative estimate of drug-likeness (QED) is 0.0732. The first-order chi connectivity index (χ1) is 25.0. The number of methoxy groups -OCH3 is 2. The third-order valence-corrected chi connectivity index (χ3v) is 10.3. The molecule has 0 fully saturated rings. The molecule has 9 heteroatoms. The van der Waals surface area contributed by atoms with Crippen LogP contribution in [0.3, 0.4) is 0 Å². The molecule has 260 valence electrons. The summed E-state index contributed by atoms with van der Waals surface area (Å²) in [5.74, 6) is -0.860. The number of benzene rings is 5. The van der Waals surface area contributed by atoms with E-state index in [0.717, 1.165) is 38.9 Å². The zero-order valence-electron chi connectivity index (χ0n) is 28.5. The Morgan fingerprint density at radius 2 is 1.02 bits per heavy atom. The van der Waals surface area contributed by atoms with Crippen molar-refractivity contribution in [3.63, 3.8) is 0 Å². The molecule has 0 unspecified atom stereocenters. The molecular weight excluding hydrogens is 661 g/mol. The average molecular weight is 701 g/mol. The van der Waals surface area contributed by atoms with Crippen molar-refractivity contribution in [3.8, 4) is 11.1 Å². The van der Waals surface area contributed by atoms with Crippen LogP contribution >= 0.6 is 11.8 Å². The standard InChI is InChI=1S/C42H40N2O6S/c1-48-39(45)37(43-41(47)50-26-36-34-24-14-12-22-32(34)33-23-13-15-25-35(33)36)27-51-28-38(40(46)49-2)44-42(29-16-6-3-7-17-29,30-18-8-4-9-19-30)31-20-10-5-11-21-31/h3-25,36-38,44H,26-28H2,1-2H3,(H,43,47)/t37-,38-/m0/s1. The zero-order valence-corrected chi connectivity index (χ0v) is 29.3. The van der Waals surface area contributed by atoms with Gasteiger partial charge in [0.15, 0.2) is 0 Å². The van der Waals surface area contributed by atoms with Crippen LogP contribution in [0.25, 0.3) is 11.1 Å². The van der Waals surface area contributed by atoms with Crippen LogP contribution < -0.4 is 10.6 Å². The molecule has 0 aromatic heterocycles.